The Morgan fingerprint density at radius 3 is 2.85 bits per heavy atom. The zero-order chi connectivity index (χ0) is 14.4. The molecule has 112 valence electrons. The van der Waals surface area contributed by atoms with Crippen LogP contribution < -0.4 is 10.2 Å². The van der Waals surface area contributed by atoms with Gasteiger partial charge in [0.1, 0.15) is 17.5 Å². The molecule has 1 N–H and O–H groups in total. The van der Waals surface area contributed by atoms with Crippen LogP contribution >= 0.6 is 0 Å². The fraction of sp³-hybridized carbons (Fsp3) is 0.750. The van der Waals surface area contributed by atoms with Gasteiger partial charge in [-0.25, -0.2) is 9.97 Å². The molecule has 0 amide bonds. The van der Waals surface area contributed by atoms with Crippen LogP contribution in [0.3, 0.4) is 0 Å². The van der Waals surface area contributed by atoms with Crippen molar-refractivity contribution in [3.63, 3.8) is 0 Å². The molecule has 1 aromatic heterocycles. The fourth-order valence-electron chi connectivity index (χ4n) is 2.72. The van der Waals surface area contributed by atoms with Gasteiger partial charge in [-0.15, -0.1) is 0 Å². The van der Waals surface area contributed by atoms with Crippen LogP contribution in [0.1, 0.15) is 52.3 Å². The highest BCUT2D eigenvalue weighted by atomic mass is 15.2. The first kappa shape index (κ1) is 15.1. The molecular formula is C16H28N4. The number of piperidine rings is 1. The summed E-state index contributed by atoms with van der Waals surface area (Å²) in [6.45, 7) is 9.90. The number of nitrogens with one attached hydrogen (secondary N) is 1. The van der Waals surface area contributed by atoms with Gasteiger partial charge in [-0.2, -0.15) is 0 Å². The van der Waals surface area contributed by atoms with Gasteiger partial charge >= 0.3 is 0 Å². The number of hydrogen-bond donors (Lipinski definition) is 1. The molecule has 1 aliphatic heterocycles. The van der Waals surface area contributed by atoms with Crippen LogP contribution in [0.25, 0.3) is 0 Å². The van der Waals surface area contributed by atoms with E-state index in [1.165, 1.54) is 12.8 Å². The lowest BCUT2D eigenvalue weighted by molar-refractivity contribution is 0.444. The molecule has 1 saturated heterocycles. The molecule has 4 nitrogen and oxygen atoms in total. The highest BCUT2D eigenvalue weighted by molar-refractivity contribution is 5.49. The van der Waals surface area contributed by atoms with E-state index in [2.05, 4.69) is 42.0 Å². The van der Waals surface area contributed by atoms with Crippen LogP contribution in [0.15, 0.2) is 6.07 Å². The Bertz CT molecular complexity index is 419. The molecule has 4 heteroatoms. The monoisotopic (exact) mass is 276 g/mol. The Hall–Kier alpha value is -1.32. The third-order valence-electron chi connectivity index (χ3n) is 3.77. The lowest BCUT2D eigenvalue weighted by Gasteiger charge is -2.32. The van der Waals surface area contributed by atoms with Crippen LogP contribution in [0.4, 0.5) is 11.6 Å². The molecule has 0 bridgehead atoms. The van der Waals surface area contributed by atoms with Crippen molar-refractivity contribution in [2.24, 2.45) is 5.92 Å². The molecule has 0 aliphatic carbocycles. The zero-order valence-electron chi connectivity index (χ0n) is 13.2. The van der Waals surface area contributed by atoms with E-state index in [1.807, 2.05) is 0 Å². The molecule has 2 rings (SSSR count). The summed E-state index contributed by atoms with van der Waals surface area (Å²) in [7, 11) is 0. The minimum Gasteiger partial charge on any atom is -0.370 e. The maximum absolute atomic E-state index is 4.76. The predicted octanol–water partition coefficient (Wildman–Crippen LogP) is 3.49. The topological polar surface area (TPSA) is 41.0 Å². The third kappa shape index (κ3) is 4.09. The minimum atomic E-state index is 0.764. The number of anilines is 2. The lowest BCUT2D eigenvalue weighted by atomic mass is 10.0. The molecule has 2 heterocycles. The Balaban J connectivity index is 2.18. The summed E-state index contributed by atoms with van der Waals surface area (Å²) < 4.78 is 0. The van der Waals surface area contributed by atoms with Crippen LogP contribution in [0.2, 0.25) is 0 Å². The molecule has 20 heavy (non-hydrogen) atoms. The number of nitrogens with zero attached hydrogens (tertiary/aromatic N) is 3. The fourth-order valence-corrected chi connectivity index (χ4v) is 2.72. The quantitative estimate of drug-likeness (QED) is 0.863. The van der Waals surface area contributed by atoms with Crippen molar-refractivity contribution in [2.45, 2.75) is 52.9 Å². The van der Waals surface area contributed by atoms with Gasteiger partial charge in [0.15, 0.2) is 0 Å². The minimum absolute atomic E-state index is 0.764. The lowest BCUT2D eigenvalue weighted by Crippen LogP contribution is -2.35. The first-order valence-corrected chi connectivity index (χ1v) is 8.09. The van der Waals surface area contributed by atoms with Gasteiger partial charge in [0.2, 0.25) is 0 Å². The summed E-state index contributed by atoms with van der Waals surface area (Å²) in [5.74, 6) is 3.83. The average Bonchev–Trinajstić information content (AvgIpc) is 2.45. The molecular weight excluding hydrogens is 248 g/mol. The van der Waals surface area contributed by atoms with Crippen molar-refractivity contribution in [3.8, 4) is 0 Å². The molecule has 1 aliphatic rings. The second-order valence-electron chi connectivity index (χ2n) is 5.90. The molecule has 0 aromatic carbocycles. The molecule has 1 fully saturated rings. The van der Waals surface area contributed by atoms with Gasteiger partial charge in [-0.3, -0.25) is 0 Å². The molecule has 1 atom stereocenters. The first-order valence-electron chi connectivity index (χ1n) is 8.09. The zero-order valence-corrected chi connectivity index (χ0v) is 13.2. The van der Waals surface area contributed by atoms with E-state index in [0.29, 0.717) is 0 Å². The molecule has 0 saturated carbocycles. The molecule has 0 radical (unpaired) electrons. The number of rotatable bonds is 6. The van der Waals surface area contributed by atoms with E-state index >= 15 is 0 Å². The summed E-state index contributed by atoms with van der Waals surface area (Å²) in [6, 6.07) is 2.12. The second kappa shape index (κ2) is 7.46. The van der Waals surface area contributed by atoms with Crippen molar-refractivity contribution in [1.29, 1.82) is 0 Å². The van der Waals surface area contributed by atoms with Crippen LogP contribution in [0.5, 0.6) is 0 Å². The second-order valence-corrected chi connectivity index (χ2v) is 5.90. The Kier molecular flexibility index (Phi) is 5.62. The van der Waals surface area contributed by atoms with Crippen LogP contribution in [-0.2, 0) is 6.42 Å². The highest BCUT2D eigenvalue weighted by Gasteiger charge is 2.18. The van der Waals surface area contributed by atoms with Crippen LogP contribution in [0, 0.1) is 5.92 Å². The number of aromatic nitrogens is 2. The van der Waals surface area contributed by atoms with Crippen molar-refractivity contribution >= 4 is 11.6 Å². The van der Waals surface area contributed by atoms with E-state index in [4.69, 9.17) is 4.98 Å². The maximum atomic E-state index is 4.76. The maximum Gasteiger partial charge on any atom is 0.134 e. The summed E-state index contributed by atoms with van der Waals surface area (Å²) in [4.78, 5) is 11.8. The van der Waals surface area contributed by atoms with E-state index in [1.54, 1.807) is 0 Å². The van der Waals surface area contributed by atoms with Gasteiger partial charge in [-0.1, -0.05) is 20.8 Å². The van der Waals surface area contributed by atoms with Crippen molar-refractivity contribution in [3.05, 3.63) is 11.9 Å². The SMILES string of the molecule is CCCNc1cc(N2CCCC(C)C2)nc(CCC)n1. The normalized spacial score (nSPS) is 19.1. The predicted molar refractivity (Wildman–Crippen MR) is 85.4 cm³/mol. The average molecular weight is 276 g/mol. The summed E-state index contributed by atoms with van der Waals surface area (Å²) >= 11 is 0. The highest BCUT2D eigenvalue weighted by Crippen LogP contribution is 2.23. The van der Waals surface area contributed by atoms with E-state index in [0.717, 1.165) is 62.3 Å². The summed E-state index contributed by atoms with van der Waals surface area (Å²) in [6.07, 6.45) is 5.77. The first-order chi connectivity index (χ1) is 9.72. The smallest absolute Gasteiger partial charge is 0.134 e. The summed E-state index contributed by atoms with van der Waals surface area (Å²) in [5, 5.41) is 3.41. The van der Waals surface area contributed by atoms with Gasteiger partial charge in [0.05, 0.1) is 0 Å². The van der Waals surface area contributed by atoms with Gasteiger partial charge < -0.3 is 10.2 Å². The van der Waals surface area contributed by atoms with Crippen molar-refractivity contribution < 1.29 is 0 Å². The third-order valence-corrected chi connectivity index (χ3v) is 3.77. The van der Waals surface area contributed by atoms with Crippen molar-refractivity contribution in [1.82, 2.24) is 9.97 Å². The largest absolute Gasteiger partial charge is 0.370 e. The molecule has 1 aromatic rings. The number of aryl methyl sites for hydroxylation is 1. The van der Waals surface area contributed by atoms with Crippen LogP contribution in [-0.4, -0.2) is 29.6 Å². The van der Waals surface area contributed by atoms with Gasteiger partial charge in [0, 0.05) is 32.1 Å². The Labute approximate surface area is 123 Å². The standard InChI is InChI=1S/C16H28N4/c1-4-7-14-18-15(17-9-5-2)11-16(19-14)20-10-6-8-13(3)12-20/h11,13H,4-10,12H2,1-3H3,(H,17,18,19). The Morgan fingerprint density at radius 1 is 1.30 bits per heavy atom. The number of hydrogen-bond acceptors (Lipinski definition) is 4. The molecule has 0 spiro atoms. The van der Waals surface area contributed by atoms with Crippen molar-refractivity contribution in [2.75, 3.05) is 29.9 Å². The van der Waals surface area contributed by atoms with Gasteiger partial charge in [0.25, 0.3) is 0 Å². The van der Waals surface area contributed by atoms with E-state index in [9.17, 15) is 0 Å². The van der Waals surface area contributed by atoms with Gasteiger partial charge in [-0.05, 0) is 31.6 Å². The van der Waals surface area contributed by atoms with E-state index in [-0.39, 0.29) is 0 Å². The van der Waals surface area contributed by atoms with E-state index < -0.39 is 0 Å². The Morgan fingerprint density at radius 2 is 2.15 bits per heavy atom. The molecule has 1 unspecified atom stereocenters. The summed E-state index contributed by atoms with van der Waals surface area (Å²) in [5.41, 5.74) is 0.